The maximum absolute atomic E-state index is 10.8. The fourth-order valence-corrected chi connectivity index (χ4v) is 0.954. The van der Waals surface area contributed by atoms with Crippen LogP contribution in [0.1, 0.15) is 25.5 Å². The Morgan fingerprint density at radius 2 is 2.36 bits per heavy atom. The second-order valence-corrected chi connectivity index (χ2v) is 3.20. The molecule has 76 valence electrons. The van der Waals surface area contributed by atoms with Crippen LogP contribution in [-0.2, 0) is 9.53 Å². The Balaban J connectivity index is 2.68. The first-order chi connectivity index (χ1) is 6.63. The van der Waals surface area contributed by atoms with Gasteiger partial charge in [0.15, 0.2) is 0 Å². The van der Waals surface area contributed by atoms with Crippen LogP contribution in [0.15, 0.2) is 18.5 Å². The molecule has 4 heteroatoms. The van der Waals surface area contributed by atoms with Gasteiger partial charge in [-0.15, -0.1) is 0 Å². The van der Waals surface area contributed by atoms with Crippen molar-refractivity contribution in [3.8, 4) is 0 Å². The Kier molecular flexibility index (Phi) is 3.45. The fraction of sp³-hybridized carbons (Fsp3) is 0.400. The predicted molar refractivity (Wildman–Crippen MR) is 53.7 cm³/mol. The number of carbonyl (C=O) groups excluding carboxylic acids is 1. The van der Waals surface area contributed by atoms with Gasteiger partial charge in [-0.3, -0.25) is 4.68 Å². The third-order valence-electron chi connectivity index (χ3n) is 1.76. The molecule has 0 atom stereocenters. The van der Waals surface area contributed by atoms with Gasteiger partial charge in [0.25, 0.3) is 0 Å². The molecule has 14 heavy (non-hydrogen) atoms. The number of hydrogen-bond acceptors (Lipinski definition) is 3. The monoisotopic (exact) mass is 194 g/mol. The van der Waals surface area contributed by atoms with Crippen molar-refractivity contribution in [3.63, 3.8) is 0 Å². The number of ether oxygens (including phenoxy) is 1. The number of rotatable bonds is 3. The van der Waals surface area contributed by atoms with Crippen molar-refractivity contribution in [3.05, 3.63) is 24.0 Å². The van der Waals surface area contributed by atoms with Crippen molar-refractivity contribution in [2.75, 3.05) is 7.11 Å². The van der Waals surface area contributed by atoms with Crippen molar-refractivity contribution in [1.82, 2.24) is 9.78 Å². The molecule has 0 aromatic carbocycles. The molecule has 0 N–H and O–H groups in total. The summed E-state index contributed by atoms with van der Waals surface area (Å²) in [7, 11) is 1.35. The second kappa shape index (κ2) is 4.60. The SMILES string of the molecule is COC(=O)C=Cc1cnn(C(C)C)c1. The highest BCUT2D eigenvalue weighted by Crippen LogP contribution is 2.06. The van der Waals surface area contributed by atoms with Crippen molar-refractivity contribution >= 4 is 12.0 Å². The number of methoxy groups -OCH3 is 1. The lowest BCUT2D eigenvalue weighted by molar-refractivity contribution is -0.134. The summed E-state index contributed by atoms with van der Waals surface area (Å²) in [6.45, 7) is 4.08. The summed E-state index contributed by atoms with van der Waals surface area (Å²) in [5.74, 6) is -0.359. The average Bonchev–Trinajstić information content (AvgIpc) is 2.62. The van der Waals surface area contributed by atoms with Gasteiger partial charge in [0, 0.05) is 23.9 Å². The summed E-state index contributed by atoms with van der Waals surface area (Å²) in [5, 5.41) is 4.13. The largest absolute Gasteiger partial charge is 0.466 e. The lowest BCUT2D eigenvalue weighted by atomic mass is 10.3. The van der Waals surface area contributed by atoms with E-state index < -0.39 is 0 Å². The lowest BCUT2D eigenvalue weighted by Gasteiger charge is -2.02. The van der Waals surface area contributed by atoms with Gasteiger partial charge in [0.05, 0.1) is 13.3 Å². The lowest BCUT2D eigenvalue weighted by Crippen LogP contribution is -1.99. The molecule has 0 saturated heterocycles. The van der Waals surface area contributed by atoms with Crippen molar-refractivity contribution in [2.45, 2.75) is 19.9 Å². The molecule has 0 aliphatic carbocycles. The first kappa shape index (κ1) is 10.5. The van der Waals surface area contributed by atoms with E-state index in [-0.39, 0.29) is 5.97 Å². The minimum Gasteiger partial charge on any atom is -0.466 e. The normalized spacial score (nSPS) is 11.1. The second-order valence-electron chi connectivity index (χ2n) is 3.20. The molecule has 0 amide bonds. The summed E-state index contributed by atoms with van der Waals surface area (Å²) in [4.78, 5) is 10.8. The molecule has 0 saturated carbocycles. The van der Waals surface area contributed by atoms with Crippen molar-refractivity contribution < 1.29 is 9.53 Å². The molecule has 0 aliphatic heterocycles. The van der Waals surface area contributed by atoms with Gasteiger partial charge in [-0.05, 0) is 19.9 Å². The standard InChI is InChI=1S/C10H14N2O2/c1-8(2)12-7-9(6-11-12)4-5-10(13)14-3/h4-8H,1-3H3. The first-order valence-electron chi connectivity index (χ1n) is 4.43. The van der Waals surface area contributed by atoms with E-state index >= 15 is 0 Å². The third-order valence-corrected chi connectivity index (χ3v) is 1.76. The van der Waals surface area contributed by atoms with Crippen LogP contribution in [0.2, 0.25) is 0 Å². The van der Waals surface area contributed by atoms with E-state index in [1.807, 2.05) is 24.7 Å². The van der Waals surface area contributed by atoms with E-state index in [4.69, 9.17) is 0 Å². The number of nitrogens with zero attached hydrogens (tertiary/aromatic N) is 2. The van der Waals surface area contributed by atoms with Crippen molar-refractivity contribution in [2.24, 2.45) is 0 Å². The van der Waals surface area contributed by atoms with Crippen LogP contribution in [0.3, 0.4) is 0 Å². The van der Waals surface area contributed by atoms with Gasteiger partial charge in [0.2, 0.25) is 0 Å². The molecule has 1 aromatic heterocycles. The van der Waals surface area contributed by atoms with Crippen LogP contribution in [-0.4, -0.2) is 22.9 Å². The van der Waals surface area contributed by atoms with Crippen LogP contribution >= 0.6 is 0 Å². The first-order valence-corrected chi connectivity index (χ1v) is 4.43. The molecular formula is C10H14N2O2. The highest BCUT2D eigenvalue weighted by Gasteiger charge is 1.99. The molecule has 0 spiro atoms. The van der Waals surface area contributed by atoms with Gasteiger partial charge in [0.1, 0.15) is 0 Å². The molecule has 0 radical (unpaired) electrons. The summed E-state index contributed by atoms with van der Waals surface area (Å²) in [6, 6.07) is 0.329. The highest BCUT2D eigenvalue weighted by molar-refractivity contribution is 5.86. The molecule has 0 unspecified atom stereocenters. The van der Waals surface area contributed by atoms with Gasteiger partial charge < -0.3 is 4.74 Å². The molecule has 4 nitrogen and oxygen atoms in total. The van der Waals surface area contributed by atoms with E-state index in [0.29, 0.717) is 6.04 Å². The zero-order valence-corrected chi connectivity index (χ0v) is 8.60. The summed E-state index contributed by atoms with van der Waals surface area (Å²) >= 11 is 0. The maximum atomic E-state index is 10.8. The van der Waals surface area contributed by atoms with Crippen LogP contribution < -0.4 is 0 Å². The van der Waals surface area contributed by atoms with Crippen LogP contribution in [0, 0.1) is 0 Å². The zero-order chi connectivity index (χ0) is 10.6. The number of esters is 1. The molecule has 1 aromatic rings. The number of aromatic nitrogens is 2. The molecular weight excluding hydrogens is 180 g/mol. The van der Waals surface area contributed by atoms with Crippen molar-refractivity contribution in [1.29, 1.82) is 0 Å². The summed E-state index contributed by atoms with van der Waals surface area (Å²) < 4.78 is 6.30. The highest BCUT2D eigenvalue weighted by atomic mass is 16.5. The fourth-order valence-electron chi connectivity index (χ4n) is 0.954. The van der Waals surface area contributed by atoms with E-state index in [9.17, 15) is 4.79 Å². The van der Waals surface area contributed by atoms with Gasteiger partial charge in [-0.1, -0.05) is 0 Å². The third kappa shape index (κ3) is 2.73. The number of hydrogen-bond donors (Lipinski definition) is 0. The molecule has 0 bridgehead atoms. The Morgan fingerprint density at radius 3 is 2.86 bits per heavy atom. The number of carbonyl (C=O) groups is 1. The Labute approximate surface area is 83.2 Å². The van der Waals surface area contributed by atoms with E-state index in [1.165, 1.54) is 13.2 Å². The Morgan fingerprint density at radius 1 is 1.64 bits per heavy atom. The summed E-state index contributed by atoms with van der Waals surface area (Å²) in [5.41, 5.74) is 0.893. The predicted octanol–water partition coefficient (Wildman–Crippen LogP) is 1.65. The van der Waals surface area contributed by atoms with E-state index in [1.54, 1.807) is 12.3 Å². The van der Waals surface area contributed by atoms with Crippen LogP contribution in [0.25, 0.3) is 6.08 Å². The zero-order valence-electron chi connectivity index (χ0n) is 8.60. The van der Waals surface area contributed by atoms with E-state index in [2.05, 4.69) is 9.84 Å². The molecule has 0 fully saturated rings. The molecule has 1 heterocycles. The van der Waals surface area contributed by atoms with Gasteiger partial charge in [-0.25, -0.2) is 4.79 Å². The summed E-state index contributed by atoms with van der Waals surface area (Å²) in [6.07, 6.45) is 6.64. The average molecular weight is 194 g/mol. The van der Waals surface area contributed by atoms with E-state index in [0.717, 1.165) is 5.56 Å². The van der Waals surface area contributed by atoms with Crippen LogP contribution in [0.4, 0.5) is 0 Å². The minimum absolute atomic E-state index is 0.329. The van der Waals surface area contributed by atoms with Gasteiger partial charge >= 0.3 is 5.97 Å². The maximum Gasteiger partial charge on any atom is 0.330 e. The van der Waals surface area contributed by atoms with Crippen LogP contribution in [0.5, 0.6) is 0 Å². The Hall–Kier alpha value is -1.58. The minimum atomic E-state index is -0.359. The van der Waals surface area contributed by atoms with Gasteiger partial charge in [-0.2, -0.15) is 5.10 Å². The topological polar surface area (TPSA) is 44.1 Å². The molecule has 1 rings (SSSR count). The quantitative estimate of drug-likeness (QED) is 0.543. The Bertz CT molecular complexity index is 340. The molecule has 0 aliphatic rings. The smallest absolute Gasteiger partial charge is 0.330 e.